The van der Waals surface area contributed by atoms with Crippen molar-refractivity contribution in [3.05, 3.63) is 0 Å². The first-order chi connectivity index (χ1) is 55.5. The van der Waals surface area contributed by atoms with Crippen LogP contribution in [0.2, 0.25) is 0 Å². The lowest BCUT2D eigenvalue weighted by molar-refractivity contribution is -0.161. The van der Waals surface area contributed by atoms with Crippen molar-refractivity contribution in [1.82, 2.24) is 0 Å². The van der Waals surface area contributed by atoms with Crippen LogP contribution in [0, 0.1) is 5.92 Å². The zero-order valence-electron chi connectivity index (χ0n) is 75.2. The molecule has 0 heterocycles. The minimum Gasteiger partial charge on any atom is -0.462 e. The number of aliphatic hydroxyl groups excluding tert-OH is 1. The van der Waals surface area contributed by atoms with Crippen molar-refractivity contribution in [1.29, 1.82) is 0 Å². The van der Waals surface area contributed by atoms with Crippen LogP contribution in [-0.4, -0.2) is 96.7 Å². The molecule has 114 heavy (non-hydrogen) atoms. The van der Waals surface area contributed by atoms with Crippen molar-refractivity contribution in [2.75, 3.05) is 39.6 Å². The third-order valence-corrected chi connectivity index (χ3v) is 24.4. The van der Waals surface area contributed by atoms with Gasteiger partial charge in [0.25, 0.3) is 0 Å². The number of carbonyl (C=O) groups excluding carboxylic acids is 4. The Morgan fingerprint density at radius 3 is 0.596 bits per heavy atom. The molecule has 0 radical (unpaired) electrons. The van der Waals surface area contributed by atoms with Gasteiger partial charge in [-0.25, -0.2) is 9.13 Å². The maximum atomic E-state index is 13.2. The second-order valence-electron chi connectivity index (χ2n) is 34.6. The molecule has 0 saturated heterocycles. The topological polar surface area (TPSA) is 237 Å². The molecule has 0 rings (SSSR count). The molecule has 17 nitrogen and oxygen atoms in total. The number of phosphoric ester groups is 2. The fraction of sp³-hybridized carbons (Fsp3) is 0.958. The summed E-state index contributed by atoms with van der Waals surface area (Å²) < 4.78 is 69.1. The van der Waals surface area contributed by atoms with E-state index in [-0.39, 0.29) is 25.7 Å². The molecule has 0 saturated carbocycles. The first-order valence-corrected chi connectivity index (χ1v) is 52.1. The second-order valence-corrected chi connectivity index (χ2v) is 37.5. The molecule has 0 fully saturated rings. The highest BCUT2D eigenvalue weighted by atomic mass is 31.2. The zero-order valence-corrected chi connectivity index (χ0v) is 77.0. The zero-order chi connectivity index (χ0) is 83.3. The molecule has 0 aromatic carbocycles. The summed E-state index contributed by atoms with van der Waals surface area (Å²) in [5.74, 6) is -1.27. The van der Waals surface area contributed by atoms with E-state index in [0.29, 0.717) is 25.7 Å². The average Bonchev–Trinajstić information content (AvgIpc) is 0.896. The van der Waals surface area contributed by atoms with E-state index in [9.17, 15) is 43.2 Å². The summed E-state index contributed by atoms with van der Waals surface area (Å²) in [5, 5.41) is 10.7. The smallest absolute Gasteiger partial charge is 0.462 e. The van der Waals surface area contributed by atoms with E-state index in [0.717, 1.165) is 95.8 Å². The highest BCUT2D eigenvalue weighted by molar-refractivity contribution is 7.47. The average molecular weight is 1660 g/mol. The highest BCUT2D eigenvalue weighted by Crippen LogP contribution is 2.45. The van der Waals surface area contributed by atoms with Gasteiger partial charge in [0.2, 0.25) is 0 Å². The Kier molecular flexibility index (Phi) is 85.9. The van der Waals surface area contributed by atoms with Crippen LogP contribution < -0.4 is 0 Å². The first-order valence-electron chi connectivity index (χ1n) is 49.1. The second kappa shape index (κ2) is 87.4. The van der Waals surface area contributed by atoms with E-state index in [1.807, 2.05) is 0 Å². The van der Waals surface area contributed by atoms with Gasteiger partial charge in [-0.05, 0) is 31.6 Å². The number of rotatable bonds is 95. The van der Waals surface area contributed by atoms with Gasteiger partial charge < -0.3 is 33.8 Å². The van der Waals surface area contributed by atoms with Gasteiger partial charge in [0.05, 0.1) is 26.4 Å². The Hall–Kier alpha value is -1.94. The Balaban J connectivity index is 5.17. The van der Waals surface area contributed by atoms with E-state index in [1.54, 1.807) is 0 Å². The van der Waals surface area contributed by atoms with Crippen molar-refractivity contribution in [3.63, 3.8) is 0 Å². The Labute approximate surface area is 702 Å². The van der Waals surface area contributed by atoms with Gasteiger partial charge in [-0.1, -0.05) is 471 Å². The van der Waals surface area contributed by atoms with Gasteiger partial charge in [-0.2, -0.15) is 0 Å². The Morgan fingerprint density at radius 2 is 0.404 bits per heavy atom. The van der Waals surface area contributed by atoms with Crippen molar-refractivity contribution in [3.8, 4) is 0 Å². The summed E-state index contributed by atoms with van der Waals surface area (Å²) >= 11 is 0. The molecule has 3 N–H and O–H groups in total. The fourth-order valence-corrected chi connectivity index (χ4v) is 16.6. The van der Waals surface area contributed by atoms with E-state index >= 15 is 0 Å². The van der Waals surface area contributed by atoms with Gasteiger partial charge in [0.1, 0.15) is 19.3 Å². The van der Waals surface area contributed by atoms with E-state index in [4.69, 9.17) is 37.0 Å². The normalized spacial score (nSPS) is 13.6. The standard InChI is InChI=1S/C95H186O17P2/c1-6-9-12-15-18-21-23-25-27-29-31-33-35-37-42-46-50-54-59-64-69-74-79-93(98)106-85-91(112-95(100)81-76-70-65-60-55-51-47-43-38-36-34-32-30-28-26-24-22-19-16-13-10-7-2)87-110-114(103,104)108-83-89(96)82-107-113(101,102)109-86-90(84-105-92(97)78-73-68-63-57-20-17-14-11-8-3)111-94(99)80-75-71-66-61-56-52-48-44-40-39-41-45-49-53-58-62-67-72-77-88(4)5/h88-91,96H,6-87H2,1-5H3,(H,101,102)(H,103,104)/t89-,90+,91+/m0/s1. The summed E-state index contributed by atoms with van der Waals surface area (Å²) in [6.07, 6.45) is 85.1. The van der Waals surface area contributed by atoms with Crippen LogP contribution in [0.1, 0.15) is 523 Å². The summed E-state index contributed by atoms with van der Waals surface area (Å²) in [6.45, 7) is 7.43. The lowest BCUT2D eigenvalue weighted by Gasteiger charge is -2.21. The van der Waals surface area contributed by atoms with Crippen molar-refractivity contribution < 1.29 is 80.2 Å². The summed E-state index contributed by atoms with van der Waals surface area (Å²) in [4.78, 5) is 73.4. The van der Waals surface area contributed by atoms with Crippen molar-refractivity contribution in [2.45, 2.75) is 541 Å². The number of esters is 4. The van der Waals surface area contributed by atoms with Crippen molar-refractivity contribution >= 4 is 39.5 Å². The van der Waals surface area contributed by atoms with Crippen LogP contribution in [0.3, 0.4) is 0 Å². The maximum absolute atomic E-state index is 13.2. The molecule has 0 amide bonds. The molecule has 0 aliphatic heterocycles. The molecule has 0 aromatic heterocycles. The predicted octanol–water partition coefficient (Wildman–Crippen LogP) is 29.9. The van der Waals surface area contributed by atoms with Gasteiger partial charge in [-0.15, -0.1) is 0 Å². The van der Waals surface area contributed by atoms with Gasteiger partial charge in [0, 0.05) is 25.7 Å². The molecule has 0 aliphatic carbocycles. The van der Waals surface area contributed by atoms with Gasteiger partial charge >= 0.3 is 39.5 Å². The van der Waals surface area contributed by atoms with Crippen LogP contribution in [0.15, 0.2) is 0 Å². The van der Waals surface area contributed by atoms with Crippen molar-refractivity contribution in [2.24, 2.45) is 5.92 Å². The third-order valence-electron chi connectivity index (χ3n) is 22.5. The lowest BCUT2D eigenvalue weighted by Crippen LogP contribution is -2.30. The molecule has 0 aliphatic rings. The fourth-order valence-electron chi connectivity index (χ4n) is 15.1. The van der Waals surface area contributed by atoms with Crippen LogP contribution in [-0.2, 0) is 65.4 Å². The lowest BCUT2D eigenvalue weighted by atomic mass is 10.0. The molecule has 5 atom stereocenters. The summed E-state index contributed by atoms with van der Waals surface area (Å²) in [5.41, 5.74) is 0. The molecule has 0 spiro atoms. The number of hydrogen-bond acceptors (Lipinski definition) is 15. The predicted molar refractivity (Wildman–Crippen MR) is 474 cm³/mol. The molecular formula is C95H186O17P2. The number of hydrogen-bond donors (Lipinski definition) is 3. The Bertz CT molecular complexity index is 2150. The monoisotopic (exact) mass is 1660 g/mol. The maximum Gasteiger partial charge on any atom is 0.472 e. The number of unbranched alkanes of at least 4 members (excludes halogenated alkanes) is 67. The SMILES string of the molecule is CCCCCCCCCCCCCCCCCCCCCCCCC(=O)OC[C@H](COP(=O)(O)OC[C@@H](O)COP(=O)(O)OC[C@@H](COC(=O)CCCCCCCCCCC)OC(=O)CCCCCCCCCCCCCCCCCCCCC(C)C)OC(=O)CCCCCCCCCCCCCCCCCCCCCCCC. The summed E-state index contributed by atoms with van der Waals surface area (Å²) in [6, 6.07) is 0. The third kappa shape index (κ3) is 87.9. The number of phosphoric acid groups is 2. The van der Waals surface area contributed by atoms with Crippen LogP contribution in [0.5, 0.6) is 0 Å². The molecule has 0 aromatic rings. The van der Waals surface area contributed by atoms with E-state index in [1.165, 1.54) is 347 Å². The van der Waals surface area contributed by atoms with Crippen LogP contribution in [0.4, 0.5) is 0 Å². The molecule has 678 valence electrons. The van der Waals surface area contributed by atoms with Gasteiger partial charge in [0.15, 0.2) is 12.2 Å². The molecule has 0 bridgehead atoms. The van der Waals surface area contributed by atoms with Gasteiger partial charge in [-0.3, -0.25) is 37.3 Å². The quantitative estimate of drug-likeness (QED) is 0.0222. The minimum absolute atomic E-state index is 0.109. The first kappa shape index (κ1) is 112. The van der Waals surface area contributed by atoms with Crippen LogP contribution in [0.25, 0.3) is 0 Å². The number of aliphatic hydroxyl groups is 1. The van der Waals surface area contributed by atoms with E-state index < -0.39 is 97.5 Å². The summed E-state index contributed by atoms with van der Waals surface area (Å²) in [7, 11) is -9.94. The highest BCUT2D eigenvalue weighted by Gasteiger charge is 2.31. The molecule has 19 heteroatoms. The molecular weight excluding hydrogens is 1470 g/mol. The molecule has 2 unspecified atom stereocenters. The minimum atomic E-state index is -4.97. The number of ether oxygens (including phenoxy) is 4. The van der Waals surface area contributed by atoms with E-state index in [2.05, 4.69) is 34.6 Å². The van der Waals surface area contributed by atoms with Crippen LogP contribution >= 0.6 is 15.6 Å². The number of carbonyl (C=O) groups is 4. The largest absolute Gasteiger partial charge is 0.472 e. The Morgan fingerprint density at radius 1 is 0.237 bits per heavy atom.